The number of imidazole rings is 1. The van der Waals surface area contributed by atoms with Gasteiger partial charge >= 0.3 is 0 Å². The second kappa shape index (κ2) is 8.08. The molecule has 0 radical (unpaired) electrons. The van der Waals surface area contributed by atoms with Crippen molar-refractivity contribution in [2.75, 3.05) is 13.1 Å². The molecule has 8 heteroatoms. The van der Waals surface area contributed by atoms with Crippen LogP contribution in [0.25, 0.3) is 11.0 Å². The number of fused-ring (bicyclic) bond motifs is 1. The minimum atomic E-state index is -3.49. The molecule has 1 fully saturated rings. The zero-order chi connectivity index (χ0) is 20.6. The molecule has 1 saturated heterocycles. The number of nitrogens with zero attached hydrogens (tertiary/aromatic N) is 3. The maximum Gasteiger partial charge on any atom is 0.243 e. The molecule has 1 aliphatic rings. The minimum Gasteiger partial charge on any atom is -0.316 e. The number of hydrogen-bond acceptors (Lipinski definition) is 4. The molecule has 0 amide bonds. The van der Waals surface area contributed by atoms with Crippen LogP contribution >= 0.6 is 11.8 Å². The molecule has 0 N–H and O–H groups in total. The van der Waals surface area contributed by atoms with Gasteiger partial charge in [-0.25, -0.2) is 17.8 Å². The molecule has 5 nitrogen and oxygen atoms in total. The Kier molecular flexibility index (Phi) is 5.68. The molecule has 1 aliphatic heterocycles. The Labute approximate surface area is 175 Å². The first-order valence-corrected chi connectivity index (χ1v) is 12.2. The van der Waals surface area contributed by atoms with Crippen molar-refractivity contribution in [3.8, 4) is 0 Å². The molecule has 0 saturated carbocycles. The summed E-state index contributed by atoms with van der Waals surface area (Å²) in [6.07, 6.45) is 1.81. The molecule has 4 rings (SSSR count). The molecule has 0 atom stereocenters. The Morgan fingerprint density at radius 1 is 1.14 bits per heavy atom. The smallest absolute Gasteiger partial charge is 0.243 e. The minimum absolute atomic E-state index is 0.143. The van der Waals surface area contributed by atoms with Crippen LogP contribution < -0.4 is 0 Å². The highest BCUT2D eigenvalue weighted by atomic mass is 32.2. The number of halogens is 1. The predicted octanol–water partition coefficient (Wildman–Crippen LogP) is 4.83. The average Bonchev–Trinajstić information content (AvgIpc) is 3.35. The largest absolute Gasteiger partial charge is 0.316 e. The zero-order valence-corrected chi connectivity index (χ0v) is 18.1. The molecule has 0 unspecified atom stereocenters. The van der Waals surface area contributed by atoms with E-state index in [1.807, 2.05) is 12.1 Å². The third-order valence-corrected chi connectivity index (χ3v) is 8.06. The fraction of sp³-hybridized carbons (Fsp3) is 0.381. The Hall–Kier alpha value is -1.90. The van der Waals surface area contributed by atoms with Crippen LogP contribution in [-0.2, 0) is 15.8 Å². The van der Waals surface area contributed by atoms with Gasteiger partial charge in [-0.2, -0.15) is 4.31 Å². The van der Waals surface area contributed by atoms with Gasteiger partial charge < -0.3 is 4.57 Å². The summed E-state index contributed by atoms with van der Waals surface area (Å²) in [5.74, 6) is 0.230. The zero-order valence-electron chi connectivity index (χ0n) is 16.5. The Bertz CT molecular complexity index is 1140. The SMILES string of the molecule is CC(C)n1c(SCc2ccccc2F)nc2cc(S(=O)(=O)N3CCCC3)ccc21. The number of hydrogen-bond donors (Lipinski definition) is 0. The van der Waals surface area contributed by atoms with Gasteiger partial charge in [0.05, 0.1) is 15.9 Å². The summed E-state index contributed by atoms with van der Waals surface area (Å²) in [7, 11) is -3.49. The molecular weight excluding hydrogens is 409 g/mol. The first kappa shape index (κ1) is 20.4. The van der Waals surface area contributed by atoms with Gasteiger partial charge in [0.2, 0.25) is 10.0 Å². The van der Waals surface area contributed by atoms with E-state index in [4.69, 9.17) is 4.98 Å². The lowest BCUT2D eigenvalue weighted by molar-refractivity contribution is 0.477. The quantitative estimate of drug-likeness (QED) is 0.523. The van der Waals surface area contributed by atoms with Crippen molar-refractivity contribution in [3.05, 3.63) is 53.8 Å². The van der Waals surface area contributed by atoms with Crippen molar-refractivity contribution >= 4 is 32.8 Å². The van der Waals surface area contributed by atoms with Crippen LogP contribution in [0, 0.1) is 5.82 Å². The summed E-state index contributed by atoms with van der Waals surface area (Å²) in [4.78, 5) is 4.98. The molecule has 3 aromatic rings. The van der Waals surface area contributed by atoms with Gasteiger partial charge in [-0.3, -0.25) is 0 Å². The van der Waals surface area contributed by atoms with Crippen molar-refractivity contribution in [1.82, 2.24) is 13.9 Å². The first-order chi connectivity index (χ1) is 13.9. The van der Waals surface area contributed by atoms with Crippen molar-refractivity contribution in [2.24, 2.45) is 0 Å². The molecule has 154 valence electrons. The van der Waals surface area contributed by atoms with Crippen molar-refractivity contribution in [1.29, 1.82) is 0 Å². The Morgan fingerprint density at radius 2 is 1.86 bits per heavy atom. The number of sulfonamides is 1. The number of aromatic nitrogens is 2. The summed E-state index contributed by atoms with van der Waals surface area (Å²) in [6, 6.07) is 12.0. The molecule has 2 heterocycles. The molecule has 2 aromatic carbocycles. The van der Waals surface area contributed by atoms with Crippen molar-refractivity contribution in [3.63, 3.8) is 0 Å². The summed E-state index contributed by atoms with van der Waals surface area (Å²) >= 11 is 1.46. The first-order valence-electron chi connectivity index (χ1n) is 9.76. The Balaban J connectivity index is 1.70. The van der Waals surface area contributed by atoms with E-state index in [1.165, 1.54) is 17.8 Å². The van der Waals surface area contributed by atoms with Gasteiger partial charge in [0.25, 0.3) is 0 Å². The highest BCUT2D eigenvalue weighted by Gasteiger charge is 2.28. The van der Waals surface area contributed by atoms with E-state index in [9.17, 15) is 12.8 Å². The van der Waals surface area contributed by atoms with Crippen LogP contribution in [-0.4, -0.2) is 35.4 Å². The van der Waals surface area contributed by atoms with Gasteiger partial charge in [-0.1, -0.05) is 30.0 Å². The monoisotopic (exact) mass is 433 g/mol. The third kappa shape index (κ3) is 3.93. The summed E-state index contributed by atoms with van der Waals surface area (Å²) in [5, 5.41) is 0.758. The van der Waals surface area contributed by atoms with Gasteiger partial charge in [0.15, 0.2) is 5.16 Å². The van der Waals surface area contributed by atoms with Crippen LogP contribution in [0.4, 0.5) is 4.39 Å². The van der Waals surface area contributed by atoms with Gasteiger partial charge in [0, 0.05) is 24.9 Å². The molecule has 1 aromatic heterocycles. The Morgan fingerprint density at radius 3 is 2.55 bits per heavy atom. The fourth-order valence-corrected chi connectivity index (χ4v) is 6.32. The van der Waals surface area contributed by atoms with E-state index in [0.717, 1.165) is 23.5 Å². The third-order valence-electron chi connectivity index (χ3n) is 5.16. The lowest BCUT2D eigenvalue weighted by atomic mass is 10.2. The molecule has 29 heavy (non-hydrogen) atoms. The summed E-state index contributed by atoms with van der Waals surface area (Å²) in [5.41, 5.74) is 2.16. The predicted molar refractivity (Wildman–Crippen MR) is 114 cm³/mol. The van der Waals surface area contributed by atoms with E-state index in [-0.39, 0.29) is 16.8 Å². The van der Waals surface area contributed by atoms with E-state index >= 15 is 0 Å². The van der Waals surface area contributed by atoms with Gasteiger partial charge in [0.1, 0.15) is 5.82 Å². The maximum atomic E-state index is 14.0. The van der Waals surface area contributed by atoms with E-state index < -0.39 is 10.0 Å². The second-order valence-electron chi connectivity index (χ2n) is 7.50. The van der Waals surface area contributed by atoms with Crippen LogP contribution in [0.1, 0.15) is 38.3 Å². The number of thioether (sulfide) groups is 1. The molecular formula is C21H24FN3O2S2. The molecule has 0 spiro atoms. The molecule has 0 aliphatic carbocycles. The standard InChI is InChI=1S/C21H24FN3O2S2/c1-15(2)25-20-10-9-17(29(26,27)24-11-5-6-12-24)13-19(20)23-21(25)28-14-16-7-3-4-8-18(16)22/h3-4,7-10,13,15H,5-6,11-12,14H2,1-2H3. The normalized spacial score (nSPS) is 15.6. The molecule has 0 bridgehead atoms. The maximum absolute atomic E-state index is 14.0. The van der Waals surface area contributed by atoms with Crippen LogP contribution in [0.15, 0.2) is 52.5 Å². The average molecular weight is 434 g/mol. The van der Waals surface area contributed by atoms with Gasteiger partial charge in [-0.15, -0.1) is 0 Å². The van der Waals surface area contributed by atoms with Crippen LogP contribution in [0.2, 0.25) is 0 Å². The lowest BCUT2D eigenvalue weighted by Gasteiger charge is -2.16. The van der Waals surface area contributed by atoms with E-state index in [1.54, 1.807) is 28.6 Å². The van der Waals surface area contributed by atoms with Crippen molar-refractivity contribution in [2.45, 2.75) is 48.5 Å². The van der Waals surface area contributed by atoms with Crippen molar-refractivity contribution < 1.29 is 12.8 Å². The highest BCUT2D eigenvalue weighted by Crippen LogP contribution is 2.32. The topological polar surface area (TPSA) is 55.2 Å². The second-order valence-corrected chi connectivity index (χ2v) is 10.4. The number of benzene rings is 2. The van der Waals surface area contributed by atoms with E-state index in [0.29, 0.717) is 29.9 Å². The summed E-state index contributed by atoms with van der Waals surface area (Å²) in [6.45, 7) is 5.27. The van der Waals surface area contributed by atoms with Crippen LogP contribution in [0.5, 0.6) is 0 Å². The number of rotatable bonds is 6. The van der Waals surface area contributed by atoms with E-state index in [2.05, 4.69) is 18.4 Å². The lowest BCUT2D eigenvalue weighted by Crippen LogP contribution is -2.27. The van der Waals surface area contributed by atoms with Gasteiger partial charge in [-0.05, 0) is 56.5 Å². The highest BCUT2D eigenvalue weighted by molar-refractivity contribution is 7.98. The fourth-order valence-electron chi connectivity index (χ4n) is 3.65. The summed E-state index contributed by atoms with van der Waals surface area (Å²) < 4.78 is 43.4. The van der Waals surface area contributed by atoms with Crippen LogP contribution in [0.3, 0.4) is 0 Å².